The van der Waals surface area contributed by atoms with Gasteiger partial charge in [0.05, 0.1) is 16.8 Å². The monoisotopic (exact) mass is 289 g/mol. The lowest BCUT2D eigenvalue weighted by atomic mass is 10.1. The van der Waals surface area contributed by atoms with E-state index < -0.39 is 0 Å². The molecule has 1 aromatic rings. The molecular formula is C12H19NOS3. The summed E-state index contributed by atoms with van der Waals surface area (Å²) >= 11 is 5.57. The Bertz CT molecular complexity index is 368. The van der Waals surface area contributed by atoms with Gasteiger partial charge in [-0.3, -0.25) is 0 Å². The standard InChI is InChI=1S/C12H19NOS3/c1-7-8(2)17-12(6-15-7)11(14)4-10-5-16-9(3)13-10/h5,7-8,11-12,14H,4,6H2,1-3H3. The van der Waals surface area contributed by atoms with Gasteiger partial charge in [-0.2, -0.15) is 23.5 Å². The van der Waals surface area contributed by atoms with Crippen LogP contribution in [0.4, 0.5) is 0 Å². The van der Waals surface area contributed by atoms with Gasteiger partial charge in [0.15, 0.2) is 0 Å². The minimum Gasteiger partial charge on any atom is -0.392 e. The fraction of sp³-hybridized carbons (Fsp3) is 0.750. The molecule has 0 saturated carbocycles. The van der Waals surface area contributed by atoms with Gasteiger partial charge in [-0.25, -0.2) is 4.98 Å². The van der Waals surface area contributed by atoms with E-state index in [1.165, 1.54) is 0 Å². The zero-order valence-corrected chi connectivity index (χ0v) is 12.9. The zero-order valence-electron chi connectivity index (χ0n) is 10.4. The Morgan fingerprint density at radius 2 is 2.24 bits per heavy atom. The number of thioether (sulfide) groups is 2. The van der Waals surface area contributed by atoms with Gasteiger partial charge in [-0.15, -0.1) is 11.3 Å². The van der Waals surface area contributed by atoms with E-state index in [9.17, 15) is 5.11 Å². The van der Waals surface area contributed by atoms with Crippen molar-refractivity contribution in [2.75, 3.05) is 5.75 Å². The highest BCUT2D eigenvalue weighted by molar-refractivity contribution is 8.07. The van der Waals surface area contributed by atoms with Gasteiger partial charge in [0.1, 0.15) is 0 Å². The van der Waals surface area contributed by atoms with Crippen molar-refractivity contribution in [1.82, 2.24) is 4.98 Å². The topological polar surface area (TPSA) is 33.1 Å². The predicted molar refractivity (Wildman–Crippen MR) is 79.3 cm³/mol. The van der Waals surface area contributed by atoms with Crippen LogP contribution in [0.3, 0.4) is 0 Å². The zero-order chi connectivity index (χ0) is 12.4. The molecule has 4 unspecified atom stereocenters. The molecule has 1 aliphatic rings. The first-order chi connectivity index (χ1) is 8.06. The Hall–Kier alpha value is 0.290. The average molecular weight is 289 g/mol. The quantitative estimate of drug-likeness (QED) is 0.927. The number of thiazole rings is 1. The molecule has 1 aromatic heterocycles. The summed E-state index contributed by atoms with van der Waals surface area (Å²) in [6, 6.07) is 0. The predicted octanol–water partition coefficient (Wildman–Crippen LogP) is 2.98. The summed E-state index contributed by atoms with van der Waals surface area (Å²) in [5.74, 6) is 1.06. The Labute approximate surface area is 116 Å². The Kier molecular flexibility index (Phi) is 4.80. The lowest BCUT2D eigenvalue weighted by molar-refractivity contribution is 0.176. The molecular weight excluding hydrogens is 270 g/mol. The molecule has 1 fully saturated rings. The highest BCUT2D eigenvalue weighted by Gasteiger charge is 2.30. The lowest BCUT2D eigenvalue weighted by Crippen LogP contribution is -2.35. The van der Waals surface area contributed by atoms with Crippen LogP contribution in [-0.4, -0.2) is 37.7 Å². The molecule has 1 aliphatic heterocycles. The third-order valence-electron chi connectivity index (χ3n) is 3.09. The first kappa shape index (κ1) is 13.7. The highest BCUT2D eigenvalue weighted by Crippen LogP contribution is 2.37. The smallest absolute Gasteiger partial charge is 0.0897 e. The van der Waals surface area contributed by atoms with Gasteiger partial charge in [0.2, 0.25) is 0 Å². The normalized spacial score (nSPS) is 31.4. The van der Waals surface area contributed by atoms with Crippen LogP contribution in [-0.2, 0) is 6.42 Å². The van der Waals surface area contributed by atoms with Gasteiger partial charge in [0, 0.05) is 33.3 Å². The van der Waals surface area contributed by atoms with Crippen LogP contribution < -0.4 is 0 Å². The van der Waals surface area contributed by atoms with Crippen molar-refractivity contribution in [3.05, 3.63) is 16.1 Å². The van der Waals surface area contributed by atoms with Crippen LogP contribution in [0.2, 0.25) is 0 Å². The summed E-state index contributed by atoms with van der Waals surface area (Å²) in [5.41, 5.74) is 1.04. The van der Waals surface area contributed by atoms with E-state index >= 15 is 0 Å². The molecule has 0 amide bonds. The molecule has 17 heavy (non-hydrogen) atoms. The first-order valence-electron chi connectivity index (χ1n) is 5.92. The maximum Gasteiger partial charge on any atom is 0.0897 e. The van der Waals surface area contributed by atoms with Gasteiger partial charge in [-0.1, -0.05) is 13.8 Å². The van der Waals surface area contributed by atoms with Crippen molar-refractivity contribution in [2.45, 2.75) is 49.0 Å². The molecule has 2 rings (SSSR count). The Morgan fingerprint density at radius 1 is 1.47 bits per heavy atom. The molecule has 4 atom stereocenters. The number of rotatable bonds is 3. The van der Waals surface area contributed by atoms with Crippen LogP contribution in [0.15, 0.2) is 5.38 Å². The van der Waals surface area contributed by atoms with Crippen molar-refractivity contribution in [1.29, 1.82) is 0 Å². The van der Waals surface area contributed by atoms with Crippen molar-refractivity contribution in [3.8, 4) is 0 Å². The fourth-order valence-electron chi connectivity index (χ4n) is 1.86. The molecule has 1 N–H and O–H groups in total. The number of hydrogen-bond acceptors (Lipinski definition) is 5. The molecule has 96 valence electrons. The van der Waals surface area contributed by atoms with E-state index in [4.69, 9.17) is 0 Å². The molecule has 0 spiro atoms. The summed E-state index contributed by atoms with van der Waals surface area (Å²) < 4.78 is 0. The summed E-state index contributed by atoms with van der Waals surface area (Å²) in [6.07, 6.45) is 0.438. The summed E-state index contributed by atoms with van der Waals surface area (Å²) in [7, 11) is 0. The van der Waals surface area contributed by atoms with Crippen LogP contribution in [0.25, 0.3) is 0 Å². The molecule has 0 aromatic carbocycles. The minimum atomic E-state index is -0.260. The van der Waals surface area contributed by atoms with Crippen molar-refractivity contribution in [2.24, 2.45) is 0 Å². The molecule has 1 saturated heterocycles. The maximum atomic E-state index is 10.3. The molecule has 0 bridgehead atoms. The van der Waals surface area contributed by atoms with Gasteiger partial charge < -0.3 is 5.11 Å². The van der Waals surface area contributed by atoms with E-state index in [2.05, 4.69) is 24.2 Å². The van der Waals surface area contributed by atoms with E-state index in [1.807, 2.05) is 30.4 Å². The first-order valence-corrected chi connectivity index (χ1v) is 8.79. The summed E-state index contributed by atoms with van der Waals surface area (Å²) in [6.45, 7) is 6.54. The summed E-state index contributed by atoms with van der Waals surface area (Å²) in [5, 5.41) is 15.1. The molecule has 0 radical (unpaired) electrons. The molecule has 0 aliphatic carbocycles. The van der Waals surface area contributed by atoms with E-state index in [0.717, 1.165) is 16.5 Å². The third-order valence-corrected chi connectivity index (χ3v) is 7.45. The van der Waals surface area contributed by atoms with Crippen molar-refractivity contribution >= 4 is 34.9 Å². The molecule has 2 heterocycles. The minimum absolute atomic E-state index is 0.260. The number of aliphatic hydroxyl groups excluding tert-OH is 1. The number of aliphatic hydroxyl groups is 1. The van der Waals surface area contributed by atoms with Crippen LogP contribution in [0.1, 0.15) is 24.5 Å². The average Bonchev–Trinajstić information content (AvgIpc) is 2.68. The molecule has 5 heteroatoms. The van der Waals surface area contributed by atoms with Gasteiger partial charge >= 0.3 is 0 Å². The number of aryl methyl sites for hydroxylation is 1. The van der Waals surface area contributed by atoms with Crippen LogP contribution >= 0.6 is 34.9 Å². The van der Waals surface area contributed by atoms with Crippen LogP contribution in [0, 0.1) is 6.92 Å². The second-order valence-electron chi connectivity index (χ2n) is 4.55. The van der Waals surface area contributed by atoms with E-state index in [-0.39, 0.29) is 6.10 Å². The number of hydrogen-bond donors (Lipinski definition) is 1. The lowest BCUT2D eigenvalue weighted by Gasteiger charge is -2.33. The largest absolute Gasteiger partial charge is 0.392 e. The highest BCUT2D eigenvalue weighted by atomic mass is 32.2. The fourth-order valence-corrected chi connectivity index (χ4v) is 5.50. The van der Waals surface area contributed by atoms with Gasteiger partial charge in [-0.05, 0) is 6.92 Å². The van der Waals surface area contributed by atoms with Crippen LogP contribution in [0.5, 0.6) is 0 Å². The SMILES string of the molecule is Cc1nc(CC(O)C2CSC(C)C(C)S2)cs1. The second kappa shape index (κ2) is 5.95. The number of nitrogens with zero attached hydrogens (tertiary/aromatic N) is 1. The third kappa shape index (κ3) is 3.63. The molecule has 2 nitrogen and oxygen atoms in total. The summed E-state index contributed by atoms with van der Waals surface area (Å²) in [4.78, 5) is 4.42. The van der Waals surface area contributed by atoms with E-state index in [1.54, 1.807) is 11.3 Å². The second-order valence-corrected chi connectivity index (χ2v) is 8.64. The van der Waals surface area contributed by atoms with Gasteiger partial charge in [0.25, 0.3) is 0 Å². The Morgan fingerprint density at radius 3 is 2.82 bits per heavy atom. The van der Waals surface area contributed by atoms with Crippen molar-refractivity contribution < 1.29 is 5.11 Å². The maximum absolute atomic E-state index is 10.3. The van der Waals surface area contributed by atoms with E-state index in [0.29, 0.717) is 22.2 Å². The number of aromatic nitrogens is 1. The van der Waals surface area contributed by atoms with Crippen molar-refractivity contribution in [3.63, 3.8) is 0 Å². The Balaban J connectivity index is 1.90.